The van der Waals surface area contributed by atoms with Crippen LogP contribution in [0.2, 0.25) is 0 Å². The second-order valence-electron chi connectivity index (χ2n) is 10.0. The van der Waals surface area contributed by atoms with E-state index in [2.05, 4.69) is 9.97 Å². The summed E-state index contributed by atoms with van der Waals surface area (Å²) >= 11 is 0. The van der Waals surface area contributed by atoms with Gasteiger partial charge in [-0.3, -0.25) is 4.57 Å². The first-order valence-electron chi connectivity index (χ1n) is 14.1. The molecule has 11 heteroatoms. The third-order valence-corrected chi connectivity index (χ3v) is 7.23. The van der Waals surface area contributed by atoms with Crippen LogP contribution in [0, 0.1) is 17.1 Å². The quantitative estimate of drug-likeness (QED) is 0.163. The SMILES string of the molecule is CCn1cncc1Cn1c(Oc2ccc(-c3cccc(OCc4ccc(C#N)cc4F)n3)cc2)nc2ccc(C(=O)OC)cc21. The summed E-state index contributed by atoms with van der Waals surface area (Å²) in [5.41, 5.74) is 4.80. The second kappa shape index (κ2) is 12.7. The number of hydrogen-bond acceptors (Lipinski definition) is 8. The third kappa shape index (κ3) is 6.21. The van der Waals surface area contributed by atoms with Gasteiger partial charge >= 0.3 is 12.0 Å². The molecule has 0 unspecified atom stereocenters. The summed E-state index contributed by atoms with van der Waals surface area (Å²) in [6.07, 6.45) is 3.57. The number of aryl methyl sites for hydroxylation is 1. The lowest BCUT2D eigenvalue weighted by molar-refractivity contribution is 0.0601. The number of carbonyl (C=O) groups excluding carboxylic acids is 1. The van der Waals surface area contributed by atoms with Gasteiger partial charge in [0.15, 0.2) is 0 Å². The molecule has 224 valence electrons. The molecule has 0 saturated carbocycles. The Bertz CT molecular complexity index is 2040. The maximum absolute atomic E-state index is 14.3. The highest BCUT2D eigenvalue weighted by molar-refractivity contribution is 5.94. The first kappa shape index (κ1) is 29.1. The first-order chi connectivity index (χ1) is 21.9. The largest absolute Gasteiger partial charge is 0.473 e. The number of nitrogens with zero attached hydrogens (tertiary/aromatic N) is 6. The molecule has 3 aromatic heterocycles. The second-order valence-corrected chi connectivity index (χ2v) is 10.0. The fraction of sp³-hybridized carbons (Fsp3) is 0.147. The Morgan fingerprint density at radius 3 is 2.62 bits per heavy atom. The zero-order valence-corrected chi connectivity index (χ0v) is 24.5. The molecule has 6 rings (SSSR count). The highest BCUT2D eigenvalue weighted by Crippen LogP contribution is 2.30. The average molecular weight is 603 g/mol. The molecule has 0 saturated heterocycles. The van der Waals surface area contributed by atoms with Crippen LogP contribution in [0.15, 0.2) is 91.4 Å². The number of hydrogen-bond donors (Lipinski definition) is 0. The molecule has 3 heterocycles. The number of benzene rings is 3. The van der Waals surface area contributed by atoms with E-state index in [1.165, 1.54) is 19.2 Å². The minimum atomic E-state index is -0.505. The highest BCUT2D eigenvalue weighted by Gasteiger charge is 2.18. The van der Waals surface area contributed by atoms with Gasteiger partial charge in [0.1, 0.15) is 18.2 Å². The molecule has 0 fully saturated rings. The number of pyridine rings is 1. The summed E-state index contributed by atoms with van der Waals surface area (Å²) in [6.45, 7) is 3.18. The highest BCUT2D eigenvalue weighted by atomic mass is 19.1. The molecule has 0 spiro atoms. The molecule has 0 aliphatic heterocycles. The van der Waals surface area contributed by atoms with E-state index in [0.29, 0.717) is 46.5 Å². The lowest BCUT2D eigenvalue weighted by Gasteiger charge is -2.12. The molecule has 0 N–H and O–H groups in total. The number of carbonyl (C=O) groups is 1. The Morgan fingerprint density at radius 1 is 1.02 bits per heavy atom. The van der Waals surface area contributed by atoms with Gasteiger partial charge in [0.2, 0.25) is 5.88 Å². The smallest absolute Gasteiger partial charge is 0.337 e. The predicted octanol–water partition coefficient (Wildman–Crippen LogP) is 6.53. The van der Waals surface area contributed by atoms with Crippen molar-refractivity contribution >= 4 is 17.0 Å². The van der Waals surface area contributed by atoms with Crippen LogP contribution < -0.4 is 9.47 Å². The number of fused-ring (bicyclic) bond motifs is 1. The number of imidazole rings is 2. The number of rotatable bonds is 10. The Kier molecular flexibility index (Phi) is 8.20. The monoisotopic (exact) mass is 602 g/mol. The lowest BCUT2D eigenvalue weighted by Crippen LogP contribution is -2.08. The Balaban J connectivity index is 1.23. The van der Waals surface area contributed by atoms with Crippen molar-refractivity contribution in [1.82, 2.24) is 24.1 Å². The number of nitriles is 1. The van der Waals surface area contributed by atoms with E-state index in [-0.39, 0.29) is 12.2 Å². The van der Waals surface area contributed by atoms with E-state index in [4.69, 9.17) is 24.5 Å². The van der Waals surface area contributed by atoms with Crippen molar-refractivity contribution in [3.63, 3.8) is 0 Å². The zero-order valence-electron chi connectivity index (χ0n) is 24.5. The molecular weight excluding hydrogens is 575 g/mol. The van der Waals surface area contributed by atoms with E-state index in [1.807, 2.05) is 58.5 Å². The van der Waals surface area contributed by atoms with Gasteiger partial charge in [0, 0.05) is 29.9 Å². The van der Waals surface area contributed by atoms with E-state index >= 15 is 0 Å². The molecule has 0 atom stereocenters. The average Bonchev–Trinajstić information content (AvgIpc) is 3.67. The molecule has 45 heavy (non-hydrogen) atoms. The van der Waals surface area contributed by atoms with Crippen molar-refractivity contribution < 1.29 is 23.4 Å². The zero-order chi connectivity index (χ0) is 31.3. The summed E-state index contributed by atoms with van der Waals surface area (Å²) < 4.78 is 35.1. The normalized spacial score (nSPS) is 10.9. The Hall–Kier alpha value is -6.02. The van der Waals surface area contributed by atoms with Gasteiger partial charge in [-0.25, -0.2) is 19.2 Å². The van der Waals surface area contributed by atoms with Crippen LogP contribution in [0.5, 0.6) is 17.6 Å². The maximum atomic E-state index is 14.3. The van der Waals surface area contributed by atoms with Crippen LogP contribution >= 0.6 is 0 Å². The van der Waals surface area contributed by atoms with Crippen molar-refractivity contribution in [2.75, 3.05) is 7.11 Å². The fourth-order valence-electron chi connectivity index (χ4n) is 4.84. The minimum absolute atomic E-state index is 0.0259. The molecule has 0 aliphatic carbocycles. The molecule has 10 nitrogen and oxygen atoms in total. The van der Waals surface area contributed by atoms with Crippen molar-refractivity contribution in [3.8, 4) is 35.0 Å². The van der Waals surface area contributed by atoms with Crippen molar-refractivity contribution in [3.05, 3.63) is 120 Å². The van der Waals surface area contributed by atoms with Gasteiger partial charge < -0.3 is 18.8 Å². The van der Waals surface area contributed by atoms with Crippen LogP contribution in [-0.4, -0.2) is 37.2 Å². The van der Waals surface area contributed by atoms with Gasteiger partial charge in [0.05, 0.1) is 59.6 Å². The van der Waals surface area contributed by atoms with Crippen molar-refractivity contribution in [2.24, 2.45) is 0 Å². The molecule has 0 amide bonds. The van der Waals surface area contributed by atoms with Gasteiger partial charge in [-0.15, -0.1) is 0 Å². The number of methoxy groups -OCH3 is 1. The van der Waals surface area contributed by atoms with Gasteiger partial charge in [0.25, 0.3) is 0 Å². The van der Waals surface area contributed by atoms with Crippen LogP contribution in [0.3, 0.4) is 0 Å². The molecule has 3 aromatic carbocycles. The summed E-state index contributed by atoms with van der Waals surface area (Å²) in [5.74, 6) is -0.0563. The van der Waals surface area contributed by atoms with Gasteiger partial charge in [-0.1, -0.05) is 12.1 Å². The van der Waals surface area contributed by atoms with Crippen molar-refractivity contribution in [1.29, 1.82) is 5.26 Å². The minimum Gasteiger partial charge on any atom is -0.473 e. The molecule has 0 radical (unpaired) electrons. The van der Waals surface area contributed by atoms with E-state index in [1.54, 1.807) is 42.9 Å². The standard InChI is InChI=1S/C34H27FN6O4/c1-3-40-21-37-18-26(40)19-41-31-16-24(33(42)43-2)11-14-30(31)39-34(41)45-27-12-9-23(10-13-27)29-5-4-6-32(38-29)44-20-25-8-7-22(17-36)15-28(25)35/h4-16,18,21H,3,19-20H2,1-2H3. The molecule has 0 bridgehead atoms. The van der Waals surface area contributed by atoms with Crippen molar-refractivity contribution in [2.45, 2.75) is 26.6 Å². The first-order valence-corrected chi connectivity index (χ1v) is 14.1. The summed E-state index contributed by atoms with van der Waals surface area (Å²) in [6, 6.07) is 24.4. The Labute approximate surface area is 257 Å². The number of halogens is 1. The summed E-state index contributed by atoms with van der Waals surface area (Å²) in [7, 11) is 1.35. The van der Waals surface area contributed by atoms with E-state index in [0.717, 1.165) is 23.3 Å². The van der Waals surface area contributed by atoms with Crippen LogP contribution in [-0.2, 0) is 24.4 Å². The molecule has 0 aliphatic rings. The van der Waals surface area contributed by atoms with Crippen LogP contribution in [0.1, 0.15) is 34.1 Å². The van der Waals surface area contributed by atoms with Gasteiger partial charge in [-0.2, -0.15) is 10.2 Å². The lowest BCUT2D eigenvalue weighted by atomic mass is 10.1. The summed E-state index contributed by atoms with van der Waals surface area (Å²) in [4.78, 5) is 25.8. The Morgan fingerprint density at radius 2 is 1.87 bits per heavy atom. The fourth-order valence-corrected chi connectivity index (χ4v) is 4.84. The number of ether oxygens (including phenoxy) is 3. The summed E-state index contributed by atoms with van der Waals surface area (Å²) in [5, 5.41) is 8.94. The number of esters is 1. The predicted molar refractivity (Wildman–Crippen MR) is 163 cm³/mol. The van der Waals surface area contributed by atoms with Crippen LogP contribution in [0.25, 0.3) is 22.3 Å². The van der Waals surface area contributed by atoms with E-state index < -0.39 is 11.8 Å². The number of aromatic nitrogens is 5. The third-order valence-electron chi connectivity index (χ3n) is 7.23. The topological polar surface area (TPSA) is 117 Å². The van der Waals surface area contributed by atoms with Gasteiger partial charge in [-0.05, 0) is 67.6 Å². The molecular formula is C34H27FN6O4. The maximum Gasteiger partial charge on any atom is 0.337 e. The van der Waals surface area contributed by atoms with E-state index in [9.17, 15) is 9.18 Å². The molecule has 6 aromatic rings. The van der Waals surface area contributed by atoms with Crippen LogP contribution in [0.4, 0.5) is 4.39 Å².